The first-order valence-electron chi connectivity index (χ1n) is 5.80. The monoisotopic (exact) mass is 335 g/mol. The van der Waals surface area contributed by atoms with Crippen LogP contribution in [0.1, 0.15) is 30.6 Å². The molecule has 0 atom stereocenters. The van der Waals surface area contributed by atoms with Gasteiger partial charge in [0.2, 0.25) is 0 Å². The number of benzene rings is 1. The predicted octanol–water partition coefficient (Wildman–Crippen LogP) is 4.11. The van der Waals surface area contributed by atoms with Gasteiger partial charge >= 0.3 is 0 Å². The number of hydrogen-bond donors (Lipinski definition) is 0. The Morgan fingerprint density at radius 3 is 2.72 bits per heavy atom. The van der Waals surface area contributed by atoms with E-state index >= 15 is 0 Å². The topological polar surface area (TPSA) is 20.3 Å². The van der Waals surface area contributed by atoms with Gasteiger partial charge in [-0.15, -0.1) is 0 Å². The van der Waals surface area contributed by atoms with Gasteiger partial charge in [0.1, 0.15) is 5.82 Å². The molecule has 1 rings (SSSR count). The van der Waals surface area contributed by atoms with Crippen LogP contribution in [0, 0.1) is 5.82 Å². The van der Waals surface area contributed by atoms with E-state index in [-0.39, 0.29) is 22.5 Å². The predicted molar refractivity (Wildman–Crippen MR) is 76.0 cm³/mol. The molecule has 0 bridgehead atoms. The molecular formula is C13H16BrClFNO. The fraction of sp³-hybridized carbons (Fsp3) is 0.462. The molecule has 0 N–H and O–H groups in total. The van der Waals surface area contributed by atoms with Crippen LogP contribution in [-0.2, 0) is 0 Å². The number of halogens is 3. The molecule has 1 amide bonds. The molecule has 1 aromatic carbocycles. The first-order valence-corrected chi connectivity index (χ1v) is 7.30. The standard InChI is InChI=1S/C13H16BrClFNO/c1-9(2)17(8-4-7-14)13(18)10-5-3-6-11(16)12(10)15/h3,5-6,9H,4,7-8H2,1-2H3. The van der Waals surface area contributed by atoms with E-state index in [4.69, 9.17) is 11.6 Å². The van der Waals surface area contributed by atoms with Crippen LogP contribution in [0.4, 0.5) is 4.39 Å². The molecule has 100 valence electrons. The maximum atomic E-state index is 13.3. The number of carbonyl (C=O) groups is 1. The Balaban J connectivity index is 2.98. The number of alkyl halides is 1. The number of rotatable bonds is 5. The molecule has 0 aromatic heterocycles. The highest BCUT2D eigenvalue weighted by atomic mass is 79.9. The van der Waals surface area contributed by atoms with Gasteiger partial charge in [0.25, 0.3) is 5.91 Å². The van der Waals surface area contributed by atoms with Crippen LogP contribution in [0.25, 0.3) is 0 Å². The maximum absolute atomic E-state index is 13.3. The van der Waals surface area contributed by atoms with Gasteiger partial charge in [-0.2, -0.15) is 0 Å². The quantitative estimate of drug-likeness (QED) is 0.741. The van der Waals surface area contributed by atoms with E-state index < -0.39 is 5.82 Å². The van der Waals surface area contributed by atoms with E-state index in [1.807, 2.05) is 13.8 Å². The fourth-order valence-corrected chi connectivity index (χ4v) is 2.11. The third-order valence-corrected chi connectivity index (χ3v) is 3.54. The van der Waals surface area contributed by atoms with Crippen LogP contribution in [0.5, 0.6) is 0 Å². The minimum absolute atomic E-state index is 0.0517. The summed E-state index contributed by atoms with van der Waals surface area (Å²) in [5.74, 6) is -0.790. The summed E-state index contributed by atoms with van der Waals surface area (Å²) in [4.78, 5) is 14.0. The Hall–Kier alpha value is -0.610. The molecular weight excluding hydrogens is 321 g/mol. The average Bonchev–Trinajstić information content (AvgIpc) is 2.32. The molecule has 0 heterocycles. The summed E-state index contributed by atoms with van der Waals surface area (Å²) in [7, 11) is 0. The Morgan fingerprint density at radius 2 is 2.17 bits per heavy atom. The van der Waals surface area contributed by atoms with Crippen molar-refractivity contribution in [3.8, 4) is 0 Å². The molecule has 2 nitrogen and oxygen atoms in total. The second-order valence-electron chi connectivity index (χ2n) is 4.24. The summed E-state index contributed by atoms with van der Waals surface area (Å²) >= 11 is 9.17. The van der Waals surface area contributed by atoms with Crippen molar-refractivity contribution in [1.29, 1.82) is 0 Å². The third-order valence-electron chi connectivity index (χ3n) is 2.60. The summed E-state index contributed by atoms with van der Waals surface area (Å²) in [5, 5.41) is 0.715. The van der Waals surface area contributed by atoms with Crippen molar-refractivity contribution in [3.05, 3.63) is 34.6 Å². The second kappa shape index (κ2) is 7.10. The van der Waals surface area contributed by atoms with Gasteiger partial charge in [0.15, 0.2) is 0 Å². The van der Waals surface area contributed by atoms with Gasteiger partial charge < -0.3 is 4.90 Å². The van der Waals surface area contributed by atoms with Crippen molar-refractivity contribution in [1.82, 2.24) is 4.90 Å². The molecule has 0 aliphatic heterocycles. The number of amides is 1. The van der Waals surface area contributed by atoms with Crippen LogP contribution in [0.2, 0.25) is 5.02 Å². The molecule has 0 unspecified atom stereocenters. The van der Waals surface area contributed by atoms with E-state index in [0.717, 1.165) is 11.8 Å². The van der Waals surface area contributed by atoms with Gasteiger partial charge in [-0.1, -0.05) is 33.6 Å². The zero-order valence-corrected chi connectivity index (χ0v) is 12.8. The lowest BCUT2D eigenvalue weighted by Gasteiger charge is -2.27. The lowest BCUT2D eigenvalue weighted by Crippen LogP contribution is -2.38. The van der Waals surface area contributed by atoms with Crippen LogP contribution in [0.15, 0.2) is 18.2 Å². The lowest BCUT2D eigenvalue weighted by molar-refractivity contribution is 0.0706. The minimum Gasteiger partial charge on any atom is -0.336 e. The Morgan fingerprint density at radius 1 is 1.50 bits per heavy atom. The molecule has 18 heavy (non-hydrogen) atoms. The van der Waals surface area contributed by atoms with E-state index in [9.17, 15) is 9.18 Å². The highest BCUT2D eigenvalue weighted by molar-refractivity contribution is 9.09. The van der Waals surface area contributed by atoms with Gasteiger partial charge in [-0.25, -0.2) is 4.39 Å². The Bertz CT molecular complexity index is 425. The van der Waals surface area contributed by atoms with Crippen molar-refractivity contribution in [3.63, 3.8) is 0 Å². The van der Waals surface area contributed by atoms with Gasteiger partial charge in [0.05, 0.1) is 10.6 Å². The molecule has 5 heteroatoms. The summed E-state index contributed by atoms with van der Waals surface area (Å²) < 4.78 is 13.3. The molecule has 0 spiro atoms. The first kappa shape index (κ1) is 15.4. The Labute approximate surface area is 120 Å². The molecule has 0 saturated carbocycles. The zero-order chi connectivity index (χ0) is 13.7. The van der Waals surface area contributed by atoms with Crippen LogP contribution >= 0.6 is 27.5 Å². The van der Waals surface area contributed by atoms with Crippen LogP contribution < -0.4 is 0 Å². The summed E-state index contributed by atoms with van der Waals surface area (Å²) in [6, 6.07) is 4.35. The second-order valence-corrected chi connectivity index (χ2v) is 5.41. The smallest absolute Gasteiger partial charge is 0.255 e. The van der Waals surface area contributed by atoms with Gasteiger partial charge in [0, 0.05) is 17.9 Å². The molecule has 0 aliphatic carbocycles. The number of hydrogen-bond acceptors (Lipinski definition) is 1. The minimum atomic E-state index is -0.563. The first-order chi connectivity index (χ1) is 8.49. The van der Waals surface area contributed by atoms with Crippen LogP contribution in [0.3, 0.4) is 0 Å². The molecule has 1 aromatic rings. The van der Waals surface area contributed by atoms with Crippen molar-refractivity contribution >= 4 is 33.4 Å². The summed E-state index contributed by atoms with van der Waals surface area (Å²) in [6.45, 7) is 4.48. The van der Waals surface area contributed by atoms with Gasteiger partial charge in [-0.05, 0) is 32.4 Å². The van der Waals surface area contributed by atoms with Crippen LogP contribution in [-0.4, -0.2) is 28.7 Å². The van der Waals surface area contributed by atoms with E-state index in [0.29, 0.717) is 6.54 Å². The zero-order valence-electron chi connectivity index (χ0n) is 10.4. The molecule has 0 aliphatic rings. The average molecular weight is 337 g/mol. The number of carbonyl (C=O) groups excluding carboxylic acids is 1. The van der Waals surface area contributed by atoms with E-state index in [2.05, 4.69) is 15.9 Å². The van der Waals surface area contributed by atoms with Crippen molar-refractivity contribution in [2.75, 3.05) is 11.9 Å². The van der Waals surface area contributed by atoms with Gasteiger partial charge in [-0.3, -0.25) is 4.79 Å². The summed E-state index contributed by atoms with van der Waals surface area (Å²) in [5.41, 5.74) is 0.222. The van der Waals surface area contributed by atoms with Crippen molar-refractivity contribution in [2.24, 2.45) is 0 Å². The SMILES string of the molecule is CC(C)N(CCCBr)C(=O)c1cccc(F)c1Cl. The molecule has 0 fully saturated rings. The lowest BCUT2D eigenvalue weighted by atomic mass is 10.1. The van der Waals surface area contributed by atoms with Crippen molar-refractivity contribution in [2.45, 2.75) is 26.3 Å². The normalized spacial score (nSPS) is 10.8. The van der Waals surface area contributed by atoms with E-state index in [1.165, 1.54) is 12.1 Å². The Kier molecular flexibility index (Phi) is 6.09. The highest BCUT2D eigenvalue weighted by Crippen LogP contribution is 2.22. The van der Waals surface area contributed by atoms with E-state index in [1.54, 1.807) is 11.0 Å². The largest absolute Gasteiger partial charge is 0.336 e. The van der Waals surface area contributed by atoms with Crippen molar-refractivity contribution < 1.29 is 9.18 Å². The maximum Gasteiger partial charge on any atom is 0.255 e. The molecule has 0 saturated heterocycles. The number of nitrogens with zero attached hydrogens (tertiary/aromatic N) is 1. The third kappa shape index (κ3) is 3.69. The highest BCUT2D eigenvalue weighted by Gasteiger charge is 2.21. The fourth-order valence-electron chi connectivity index (χ4n) is 1.65. The summed E-state index contributed by atoms with van der Waals surface area (Å²) in [6.07, 6.45) is 0.844. The molecule has 0 radical (unpaired) electrons.